The number of benzene rings is 1. The molecule has 122 valence electrons. The van der Waals surface area contributed by atoms with Crippen molar-refractivity contribution < 1.29 is 4.52 Å². The number of nitrogens with zero attached hydrogens (tertiary/aromatic N) is 1. The fourth-order valence-corrected chi connectivity index (χ4v) is 3.62. The molecule has 2 heteroatoms. The lowest BCUT2D eigenvalue weighted by Gasteiger charge is -2.42. The SMILES string of the molecule is CCc1cc2c(cc1C=Cc1ccno1)C(C)(C)CCC2(C)C. The van der Waals surface area contributed by atoms with E-state index in [1.165, 1.54) is 35.1 Å². The van der Waals surface area contributed by atoms with E-state index in [1.807, 2.05) is 12.1 Å². The molecule has 2 nitrogen and oxygen atoms in total. The molecular weight excluding hydrogens is 282 g/mol. The van der Waals surface area contributed by atoms with Crippen molar-refractivity contribution in [3.8, 4) is 0 Å². The minimum atomic E-state index is 0.242. The van der Waals surface area contributed by atoms with Gasteiger partial charge in [-0.05, 0) is 58.4 Å². The van der Waals surface area contributed by atoms with E-state index in [0.29, 0.717) is 0 Å². The summed E-state index contributed by atoms with van der Waals surface area (Å²) in [5, 5.41) is 3.76. The molecule has 1 aromatic heterocycles. The van der Waals surface area contributed by atoms with Crippen LogP contribution in [-0.4, -0.2) is 5.16 Å². The summed E-state index contributed by atoms with van der Waals surface area (Å²) in [6.07, 6.45) is 9.39. The molecule has 0 fully saturated rings. The second-order valence-corrected chi connectivity index (χ2v) is 7.97. The first-order valence-electron chi connectivity index (χ1n) is 8.60. The number of rotatable bonds is 3. The van der Waals surface area contributed by atoms with Gasteiger partial charge >= 0.3 is 0 Å². The molecule has 1 aromatic carbocycles. The van der Waals surface area contributed by atoms with E-state index in [0.717, 1.165) is 12.2 Å². The summed E-state index contributed by atoms with van der Waals surface area (Å²) in [7, 11) is 0. The Morgan fingerprint density at radius 3 is 2.26 bits per heavy atom. The zero-order valence-electron chi connectivity index (χ0n) is 14.9. The van der Waals surface area contributed by atoms with Crippen molar-refractivity contribution in [2.45, 2.75) is 64.7 Å². The Morgan fingerprint density at radius 1 is 1.04 bits per heavy atom. The molecule has 3 rings (SSSR count). The summed E-state index contributed by atoms with van der Waals surface area (Å²) in [6, 6.07) is 6.73. The third-order valence-electron chi connectivity index (χ3n) is 5.38. The molecule has 1 aliphatic rings. The predicted molar refractivity (Wildman–Crippen MR) is 96.5 cm³/mol. The van der Waals surface area contributed by atoms with Crippen LogP contribution in [0, 0.1) is 0 Å². The molecule has 0 radical (unpaired) electrons. The zero-order valence-corrected chi connectivity index (χ0v) is 14.9. The standard InChI is InChI=1S/C21H27NO/c1-6-15-13-18-19(21(4,5)11-10-20(18,2)3)14-16(15)7-8-17-9-12-22-23-17/h7-9,12-14H,6,10-11H2,1-5H3. The van der Waals surface area contributed by atoms with Gasteiger partial charge in [0.25, 0.3) is 0 Å². The Balaban J connectivity index is 2.11. The van der Waals surface area contributed by atoms with Crippen LogP contribution in [0.1, 0.15) is 75.5 Å². The monoisotopic (exact) mass is 309 g/mol. The van der Waals surface area contributed by atoms with E-state index in [1.54, 1.807) is 6.20 Å². The highest BCUT2D eigenvalue weighted by Crippen LogP contribution is 2.46. The van der Waals surface area contributed by atoms with Crippen molar-refractivity contribution in [1.29, 1.82) is 0 Å². The van der Waals surface area contributed by atoms with Gasteiger partial charge in [0.05, 0.1) is 6.20 Å². The van der Waals surface area contributed by atoms with Crippen LogP contribution in [0.3, 0.4) is 0 Å². The molecule has 0 aliphatic heterocycles. The van der Waals surface area contributed by atoms with E-state index in [4.69, 9.17) is 4.52 Å². The Morgan fingerprint density at radius 2 is 1.70 bits per heavy atom. The Bertz CT molecular complexity index is 721. The molecule has 1 heterocycles. The van der Waals surface area contributed by atoms with Crippen LogP contribution < -0.4 is 0 Å². The number of aromatic nitrogens is 1. The highest BCUT2D eigenvalue weighted by molar-refractivity contribution is 5.70. The van der Waals surface area contributed by atoms with E-state index in [2.05, 4.69) is 58.0 Å². The summed E-state index contributed by atoms with van der Waals surface area (Å²) in [5.41, 5.74) is 6.25. The van der Waals surface area contributed by atoms with E-state index >= 15 is 0 Å². The van der Waals surface area contributed by atoms with Gasteiger partial charge in [0.1, 0.15) is 0 Å². The predicted octanol–water partition coefficient (Wildman–Crippen LogP) is 5.76. The number of hydrogen-bond donors (Lipinski definition) is 0. The summed E-state index contributed by atoms with van der Waals surface area (Å²) < 4.78 is 5.18. The Kier molecular flexibility index (Phi) is 3.95. The molecule has 0 saturated heterocycles. The highest BCUT2D eigenvalue weighted by Gasteiger charge is 2.37. The highest BCUT2D eigenvalue weighted by atomic mass is 16.5. The average molecular weight is 309 g/mol. The van der Waals surface area contributed by atoms with Crippen molar-refractivity contribution >= 4 is 12.2 Å². The first-order chi connectivity index (χ1) is 10.8. The van der Waals surface area contributed by atoms with Crippen molar-refractivity contribution in [3.05, 3.63) is 52.4 Å². The second-order valence-electron chi connectivity index (χ2n) is 7.97. The minimum absolute atomic E-state index is 0.242. The summed E-state index contributed by atoms with van der Waals surface area (Å²) in [5.74, 6) is 0.796. The van der Waals surface area contributed by atoms with Gasteiger partial charge in [0.2, 0.25) is 0 Å². The largest absolute Gasteiger partial charge is 0.357 e. The van der Waals surface area contributed by atoms with Gasteiger partial charge in [0.15, 0.2) is 5.76 Å². The van der Waals surface area contributed by atoms with E-state index in [-0.39, 0.29) is 10.8 Å². The van der Waals surface area contributed by atoms with Gasteiger partial charge < -0.3 is 4.52 Å². The third kappa shape index (κ3) is 2.99. The van der Waals surface area contributed by atoms with Gasteiger partial charge in [-0.2, -0.15) is 0 Å². The molecule has 0 unspecified atom stereocenters. The molecule has 2 aromatic rings. The van der Waals surface area contributed by atoms with E-state index in [9.17, 15) is 0 Å². The smallest absolute Gasteiger partial charge is 0.159 e. The fourth-order valence-electron chi connectivity index (χ4n) is 3.62. The third-order valence-corrected chi connectivity index (χ3v) is 5.38. The topological polar surface area (TPSA) is 26.0 Å². The van der Waals surface area contributed by atoms with Crippen LogP contribution in [0.2, 0.25) is 0 Å². The maximum atomic E-state index is 5.18. The maximum absolute atomic E-state index is 5.18. The van der Waals surface area contributed by atoms with Gasteiger partial charge in [-0.3, -0.25) is 0 Å². The van der Waals surface area contributed by atoms with Crippen molar-refractivity contribution in [2.24, 2.45) is 0 Å². The molecular formula is C21H27NO. The van der Waals surface area contributed by atoms with Gasteiger partial charge in [-0.25, -0.2) is 0 Å². The molecule has 0 spiro atoms. The summed E-state index contributed by atoms with van der Waals surface area (Å²) in [4.78, 5) is 0. The van der Waals surface area contributed by atoms with Crippen molar-refractivity contribution in [3.63, 3.8) is 0 Å². The number of aryl methyl sites for hydroxylation is 1. The van der Waals surface area contributed by atoms with Gasteiger partial charge in [-0.1, -0.05) is 58.0 Å². The van der Waals surface area contributed by atoms with Crippen LogP contribution in [-0.2, 0) is 17.3 Å². The van der Waals surface area contributed by atoms with Crippen LogP contribution in [0.5, 0.6) is 0 Å². The number of hydrogen-bond acceptors (Lipinski definition) is 2. The lowest BCUT2D eigenvalue weighted by Crippen LogP contribution is -2.34. The van der Waals surface area contributed by atoms with Gasteiger partial charge in [-0.15, -0.1) is 0 Å². The summed E-state index contributed by atoms with van der Waals surface area (Å²) >= 11 is 0. The molecule has 0 N–H and O–H groups in total. The van der Waals surface area contributed by atoms with Crippen LogP contribution in [0.15, 0.2) is 28.9 Å². The normalized spacial score (nSPS) is 19.0. The van der Waals surface area contributed by atoms with Crippen LogP contribution in [0.4, 0.5) is 0 Å². The first-order valence-corrected chi connectivity index (χ1v) is 8.60. The quantitative estimate of drug-likeness (QED) is 0.720. The summed E-state index contributed by atoms with van der Waals surface area (Å²) in [6.45, 7) is 11.7. The number of fused-ring (bicyclic) bond motifs is 1. The van der Waals surface area contributed by atoms with Crippen molar-refractivity contribution in [1.82, 2.24) is 5.16 Å². The van der Waals surface area contributed by atoms with Crippen LogP contribution in [0.25, 0.3) is 12.2 Å². The fraction of sp³-hybridized carbons (Fsp3) is 0.476. The maximum Gasteiger partial charge on any atom is 0.159 e. The van der Waals surface area contributed by atoms with E-state index < -0.39 is 0 Å². The van der Waals surface area contributed by atoms with Crippen molar-refractivity contribution in [2.75, 3.05) is 0 Å². The lowest BCUT2D eigenvalue weighted by molar-refractivity contribution is 0.331. The lowest BCUT2D eigenvalue weighted by atomic mass is 9.62. The molecule has 0 atom stereocenters. The van der Waals surface area contributed by atoms with Crippen LogP contribution >= 0.6 is 0 Å². The zero-order chi connectivity index (χ0) is 16.7. The molecule has 0 bridgehead atoms. The second kappa shape index (κ2) is 5.67. The average Bonchev–Trinajstić information content (AvgIpc) is 3.02. The molecule has 1 aliphatic carbocycles. The minimum Gasteiger partial charge on any atom is -0.357 e. The molecule has 0 saturated carbocycles. The first kappa shape index (κ1) is 16.0. The molecule has 0 amide bonds. The molecule has 23 heavy (non-hydrogen) atoms. The van der Waals surface area contributed by atoms with Gasteiger partial charge in [0, 0.05) is 6.07 Å². The Labute approximate surface area is 139 Å². The Hall–Kier alpha value is -1.83.